The van der Waals surface area contributed by atoms with E-state index in [0.717, 1.165) is 77.0 Å². The molecule has 0 fully saturated rings. The quantitative estimate of drug-likeness (QED) is 0.0350. The number of hydrogen-bond donors (Lipinski definition) is 0. The van der Waals surface area contributed by atoms with Crippen molar-refractivity contribution in [2.45, 2.75) is 232 Å². The molecule has 0 aromatic rings. The van der Waals surface area contributed by atoms with E-state index in [4.69, 9.17) is 14.2 Å². The van der Waals surface area contributed by atoms with Crippen LogP contribution in [0.1, 0.15) is 226 Å². The van der Waals surface area contributed by atoms with Crippen molar-refractivity contribution >= 4 is 11.9 Å². The van der Waals surface area contributed by atoms with Gasteiger partial charge in [-0.05, 0) is 83.5 Å². The van der Waals surface area contributed by atoms with Gasteiger partial charge in [0, 0.05) is 19.4 Å². The molecule has 0 aliphatic heterocycles. The standard InChI is InChI=1S/C51H90O5/c1-4-7-10-13-16-19-21-23-25-27-29-31-34-37-40-43-46-54-47-49(56-51(53)45-42-39-36-32-18-15-12-9-6-3)48-55-50(52)44-41-38-35-33-30-28-26-24-22-20-17-14-11-8-5-2/h8,11,16-17,19-20,23-26,49H,4-7,9-10,12-15,18,21-22,27-48H2,1-3H3/b11-8-,19-16-,20-17-,25-23-,26-24-. The second-order valence-electron chi connectivity index (χ2n) is 15.6. The smallest absolute Gasteiger partial charge is 0.306 e. The van der Waals surface area contributed by atoms with E-state index in [1.165, 1.54) is 116 Å². The van der Waals surface area contributed by atoms with Gasteiger partial charge in [0.2, 0.25) is 0 Å². The molecule has 0 spiro atoms. The minimum absolute atomic E-state index is 0.0724. The van der Waals surface area contributed by atoms with Crippen LogP contribution >= 0.6 is 0 Å². The Labute approximate surface area is 347 Å². The summed E-state index contributed by atoms with van der Waals surface area (Å²) in [5, 5.41) is 0. The van der Waals surface area contributed by atoms with E-state index in [0.29, 0.717) is 19.4 Å². The fourth-order valence-electron chi connectivity index (χ4n) is 6.49. The number of ether oxygens (including phenoxy) is 3. The summed E-state index contributed by atoms with van der Waals surface area (Å²) in [6.45, 7) is 7.64. The Bertz CT molecular complexity index is 977. The summed E-state index contributed by atoms with van der Waals surface area (Å²) < 4.78 is 17.3. The largest absolute Gasteiger partial charge is 0.462 e. The lowest BCUT2D eigenvalue weighted by Gasteiger charge is -2.18. The van der Waals surface area contributed by atoms with Crippen molar-refractivity contribution in [1.82, 2.24) is 0 Å². The van der Waals surface area contributed by atoms with E-state index < -0.39 is 6.10 Å². The Morgan fingerprint density at radius 3 is 1.32 bits per heavy atom. The highest BCUT2D eigenvalue weighted by Gasteiger charge is 2.17. The zero-order valence-electron chi connectivity index (χ0n) is 37.1. The highest BCUT2D eigenvalue weighted by molar-refractivity contribution is 5.70. The molecule has 0 aromatic heterocycles. The first kappa shape index (κ1) is 53.6. The summed E-state index contributed by atoms with van der Waals surface area (Å²) >= 11 is 0. The van der Waals surface area contributed by atoms with Crippen molar-refractivity contribution in [1.29, 1.82) is 0 Å². The SMILES string of the molecule is CC/C=C\C/C=C\C/C=C\CCCCCCCC(=O)OCC(COCCCCCCCC/C=C\C/C=C\CCCCC)OC(=O)CCCCCCCCCCC. The first-order valence-corrected chi connectivity index (χ1v) is 23.8. The first-order chi connectivity index (χ1) is 27.6. The number of carbonyl (C=O) groups is 2. The minimum atomic E-state index is -0.545. The summed E-state index contributed by atoms with van der Waals surface area (Å²) in [7, 11) is 0. The molecule has 0 bridgehead atoms. The molecule has 0 amide bonds. The molecular weight excluding hydrogens is 693 g/mol. The molecular formula is C51H90O5. The van der Waals surface area contributed by atoms with Crippen LogP contribution in [0.25, 0.3) is 0 Å². The molecule has 5 nitrogen and oxygen atoms in total. The first-order valence-electron chi connectivity index (χ1n) is 23.8. The molecule has 0 aromatic carbocycles. The third-order valence-corrected chi connectivity index (χ3v) is 10.0. The van der Waals surface area contributed by atoms with Crippen LogP contribution in [-0.2, 0) is 23.8 Å². The van der Waals surface area contributed by atoms with Gasteiger partial charge >= 0.3 is 11.9 Å². The van der Waals surface area contributed by atoms with Gasteiger partial charge in [-0.3, -0.25) is 9.59 Å². The number of carbonyl (C=O) groups excluding carboxylic acids is 2. The molecule has 0 heterocycles. The van der Waals surface area contributed by atoms with E-state index >= 15 is 0 Å². The Morgan fingerprint density at radius 2 is 0.804 bits per heavy atom. The maximum Gasteiger partial charge on any atom is 0.306 e. The lowest BCUT2D eigenvalue weighted by molar-refractivity contribution is -0.163. The van der Waals surface area contributed by atoms with E-state index in [1.807, 2.05) is 0 Å². The van der Waals surface area contributed by atoms with E-state index in [-0.39, 0.29) is 25.2 Å². The van der Waals surface area contributed by atoms with Crippen LogP contribution in [0.15, 0.2) is 60.8 Å². The molecule has 0 saturated carbocycles. The number of unbranched alkanes of at least 4 members (excludes halogenated alkanes) is 22. The summed E-state index contributed by atoms with van der Waals surface area (Å²) in [5.41, 5.74) is 0. The number of esters is 2. The van der Waals surface area contributed by atoms with Crippen molar-refractivity contribution in [3.63, 3.8) is 0 Å². The molecule has 1 atom stereocenters. The maximum atomic E-state index is 12.7. The molecule has 0 saturated heterocycles. The molecule has 0 rings (SSSR count). The average Bonchev–Trinajstić information content (AvgIpc) is 3.20. The van der Waals surface area contributed by atoms with Crippen LogP contribution in [0, 0.1) is 0 Å². The Balaban J connectivity index is 4.25. The van der Waals surface area contributed by atoms with E-state index in [2.05, 4.69) is 81.5 Å². The molecule has 5 heteroatoms. The normalized spacial score (nSPS) is 12.7. The van der Waals surface area contributed by atoms with Gasteiger partial charge in [-0.25, -0.2) is 0 Å². The van der Waals surface area contributed by atoms with Gasteiger partial charge < -0.3 is 14.2 Å². The van der Waals surface area contributed by atoms with Gasteiger partial charge in [-0.2, -0.15) is 0 Å². The van der Waals surface area contributed by atoms with Crippen LogP contribution in [0.2, 0.25) is 0 Å². The number of allylic oxidation sites excluding steroid dienone is 10. The lowest BCUT2D eigenvalue weighted by atomic mass is 10.1. The highest BCUT2D eigenvalue weighted by atomic mass is 16.6. The Hall–Kier alpha value is -2.40. The maximum absolute atomic E-state index is 12.7. The zero-order valence-corrected chi connectivity index (χ0v) is 37.1. The lowest BCUT2D eigenvalue weighted by Crippen LogP contribution is -2.30. The molecule has 1 unspecified atom stereocenters. The van der Waals surface area contributed by atoms with Gasteiger partial charge in [0.25, 0.3) is 0 Å². The summed E-state index contributed by atoms with van der Waals surface area (Å²) in [5.74, 6) is -0.422. The molecule has 324 valence electrons. The topological polar surface area (TPSA) is 61.8 Å². The fraction of sp³-hybridized carbons (Fsp3) is 0.765. The zero-order chi connectivity index (χ0) is 40.7. The van der Waals surface area contributed by atoms with Gasteiger partial charge in [0.15, 0.2) is 6.10 Å². The van der Waals surface area contributed by atoms with Crippen molar-refractivity contribution < 1.29 is 23.8 Å². The van der Waals surface area contributed by atoms with Gasteiger partial charge in [-0.15, -0.1) is 0 Å². The fourth-order valence-corrected chi connectivity index (χ4v) is 6.49. The van der Waals surface area contributed by atoms with Crippen molar-refractivity contribution in [3.05, 3.63) is 60.8 Å². The second-order valence-corrected chi connectivity index (χ2v) is 15.6. The predicted molar refractivity (Wildman–Crippen MR) is 242 cm³/mol. The summed E-state index contributed by atoms with van der Waals surface area (Å²) in [4.78, 5) is 25.2. The van der Waals surface area contributed by atoms with Crippen molar-refractivity contribution in [2.75, 3.05) is 19.8 Å². The molecule has 56 heavy (non-hydrogen) atoms. The molecule has 0 radical (unpaired) electrons. The monoisotopic (exact) mass is 783 g/mol. The van der Waals surface area contributed by atoms with Crippen LogP contribution in [0.3, 0.4) is 0 Å². The van der Waals surface area contributed by atoms with Gasteiger partial charge in [0.1, 0.15) is 6.61 Å². The summed E-state index contributed by atoms with van der Waals surface area (Å²) in [6, 6.07) is 0. The highest BCUT2D eigenvalue weighted by Crippen LogP contribution is 2.13. The molecule has 0 aliphatic carbocycles. The van der Waals surface area contributed by atoms with Crippen LogP contribution < -0.4 is 0 Å². The van der Waals surface area contributed by atoms with Gasteiger partial charge in [0.05, 0.1) is 6.61 Å². The van der Waals surface area contributed by atoms with Crippen LogP contribution in [0.5, 0.6) is 0 Å². The predicted octanol–water partition coefficient (Wildman–Crippen LogP) is 15.8. The van der Waals surface area contributed by atoms with E-state index in [9.17, 15) is 9.59 Å². The van der Waals surface area contributed by atoms with Crippen LogP contribution in [-0.4, -0.2) is 37.9 Å². The van der Waals surface area contributed by atoms with Crippen molar-refractivity contribution in [3.8, 4) is 0 Å². The number of hydrogen-bond acceptors (Lipinski definition) is 5. The third-order valence-electron chi connectivity index (χ3n) is 10.0. The summed E-state index contributed by atoms with van der Waals surface area (Å²) in [6.07, 6.45) is 57.9. The minimum Gasteiger partial charge on any atom is -0.462 e. The van der Waals surface area contributed by atoms with E-state index in [1.54, 1.807) is 0 Å². The van der Waals surface area contributed by atoms with Crippen LogP contribution in [0.4, 0.5) is 0 Å². The molecule has 0 N–H and O–H groups in total. The Kier molecular flexibility index (Phi) is 45.0. The third kappa shape index (κ3) is 44.3. The molecule has 0 aliphatic rings. The number of rotatable bonds is 43. The Morgan fingerprint density at radius 1 is 0.411 bits per heavy atom. The van der Waals surface area contributed by atoms with Crippen molar-refractivity contribution in [2.24, 2.45) is 0 Å². The second kappa shape index (κ2) is 47.0. The average molecular weight is 783 g/mol. The van der Waals surface area contributed by atoms with Gasteiger partial charge in [-0.1, -0.05) is 191 Å².